The van der Waals surface area contributed by atoms with E-state index in [-0.39, 0.29) is 18.0 Å². The van der Waals surface area contributed by atoms with E-state index in [0.717, 1.165) is 6.07 Å². The zero-order chi connectivity index (χ0) is 15.6. The maximum Gasteiger partial charge on any atom is 0.338 e. The summed E-state index contributed by atoms with van der Waals surface area (Å²) in [6.07, 6.45) is 0. The number of carbonyl (C=O) groups is 1. The van der Waals surface area contributed by atoms with Crippen molar-refractivity contribution in [2.24, 2.45) is 0 Å². The van der Waals surface area contributed by atoms with Crippen molar-refractivity contribution in [2.45, 2.75) is 13.5 Å². The van der Waals surface area contributed by atoms with Gasteiger partial charge in [0.15, 0.2) is 0 Å². The standard InChI is InChI=1S/C15H12F3NO2/c1-8-4-9(2-3-11(8)16)7-19-14-5-10(15(20)21)12(17)6-13(14)18/h2-6,19H,7H2,1H3,(H,20,21). The molecule has 2 N–H and O–H groups in total. The third kappa shape index (κ3) is 3.34. The van der Waals surface area contributed by atoms with E-state index in [9.17, 15) is 18.0 Å². The SMILES string of the molecule is Cc1cc(CNc2cc(C(=O)O)c(F)cc2F)ccc1F. The molecule has 2 rings (SSSR count). The van der Waals surface area contributed by atoms with Crippen LogP contribution in [0.5, 0.6) is 0 Å². The highest BCUT2D eigenvalue weighted by Gasteiger charge is 2.15. The first-order valence-corrected chi connectivity index (χ1v) is 6.09. The normalized spacial score (nSPS) is 10.5. The number of nitrogens with one attached hydrogen (secondary N) is 1. The summed E-state index contributed by atoms with van der Waals surface area (Å²) in [6, 6.07) is 5.80. The lowest BCUT2D eigenvalue weighted by Crippen LogP contribution is -2.07. The van der Waals surface area contributed by atoms with Crippen LogP contribution in [0.15, 0.2) is 30.3 Å². The molecule has 21 heavy (non-hydrogen) atoms. The van der Waals surface area contributed by atoms with Gasteiger partial charge in [0.25, 0.3) is 0 Å². The van der Waals surface area contributed by atoms with Crippen molar-refractivity contribution in [3.05, 3.63) is 64.5 Å². The van der Waals surface area contributed by atoms with Gasteiger partial charge in [0, 0.05) is 12.6 Å². The largest absolute Gasteiger partial charge is 0.478 e. The molecular weight excluding hydrogens is 283 g/mol. The lowest BCUT2D eigenvalue weighted by molar-refractivity contribution is 0.0692. The fraction of sp³-hybridized carbons (Fsp3) is 0.133. The molecule has 2 aromatic carbocycles. The molecule has 6 heteroatoms. The van der Waals surface area contributed by atoms with Gasteiger partial charge < -0.3 is 10.4 Å². The molecule has 2 aromatic rings. The molecule has 0 heterocycles. The first kappa shape index (κ1) is 14.9. The fourth-order valence-electron chi connectivity index (χ4n) is 1.86. The topological polar surface area (TPSA) is 49.3 Å². The smallest absolute Gasteiger partial charge is 0.338 e. The van der Waals surface area contributed by atoms with Gasteiger partial charge in [-0.1, -0.05) is 12.1 Å². The summed E-state index contributed by atoms with van der Waals surface area (Å²) in [5, 5.41) is 11.5. The van der Waals surface area contributed by atoms with Gasteiger partial charge in [-0.25, -0.2) is 18.0 Å². The van der Waals surface area contributed by atoms with Crippen LogP contribution in [0.3, 0.4) is 0 Å². The Balaban J connectivity index is 2.21. The second-order valence-corrected chi connectivity index (χ2v) is 4.55. The summed E-state index contributed by atoms with van der Waals surface area (Å²) in [7, 11) is 0. The van der Waals surface area contributed by atoms with E-state index in [2.05, 4.69) is 5.32 Å². The number of halogens is 3. The van der Waals surface area contributed by atoms with Gasteiger partial charge in [-0.2, -0.15) is 0 Å². The number of aromatic carboxylic acids is 1. The Morgan fingerprint density at radius 1 is 1.10 bits per heavy atom. The van der Waals surface area contributed by atoms with Crippen molar-refractivity contribution >= 4 is 11.7 Å². The van der Waals surface area contributed by atoms with Crippen LogP contribution >= 0.6 is 0 Å². The average Bonchev–Trinajstić information content (AvgIpc) is 2.41. The average molecular weight is 295 g/mol. The molecule has 0 amide bonds. The van der Waals surface area contributed by atoms with Crippen LogP contribution in [0.25, 0.3) is 0 Å². The Morgan fingerprint density at radius 2 is 1.81 bits per heavy atom. The molecule has 0 aromatic heterocycles. The molecular formula is C15H12F3NO2. The summed E-state index contributed by atoms with van der Waals surface area (Å²) in [5.41, 5.74) is 0.388. The monoisotopic (exact) mass is 295 g/mol. The van der Waals surface area contributed by atoms with Crippen LogP contribution in [0, 0.1) is 24.4 Å². The van der Waals surface area contributed by atoms with Crippen molar-refractivity contribution < 1.29 is 23.1 Å². The summed E-state index contributed by atoms with van der Waals surface area (Å²) >= 11 is 0. The van der Waals surface area contributed by atoms with Crippen LogP contribution in [0.4, 0.5) is 18.9 Å². The molecule has 0 spiro atoms. The third-order valence-electron chi connectivity index (χ3n) is 2.99. The highest BCUT2D eigenvalue weighted by atomic mass is 19.1. The van der Waals surface area contributed by atoms with Crippen molar-refractivity contribution in [2.75, 3.05) is 5.32 Å². The molecule has 0 aliphatic rings. The fourth-order valence-corrected chi connectivity index (χ4v) is 1.86. The number of anilines is 1. The van der Waals surface area contributed by atoms with Crippen LogP contribution in [-0.2, 0) is 6.54 Å². The molecule has 0 bridgehead atoms. The van der Waals surface area contributed by atoms with Crippen LogP contribution in [0.2, 0.25) is 0 Å². The summed E-state index contributed by atoms with van der Waals surface area (Å²) in [4.78, 5) is 10.8. The van der Waals surface area contributed by atoms with Crippen LogP contribution < -0.4 is 5.32 Å². The van der Waals surface area contributed by atoms with Crippen molar-refractivity contribution in [3.63, 3.8) is 0 Å². The first-order valence-electron chi connectivity index (χ1n) is 6.09. The zero-order valence-corrected chi connectivity index (χ0v) is 11.1. The maximum atomic E-state index is 13.6. The number of hydrogen-bond acceptors (Lipinski definition) is 2. The Hall–Kier alpha value is -2.50. The Bertz CT molecular complexity index is 702. The van der Waals surface area contributed by atoms with Crippen molar-refractivity contribution in [3.8, 4) is 0 Å². The number of carboxylic acid groups (broad SMARTS) is 1. The number of aryl methyl sites for hydroxylation is 1. The molecule has 0 fully saturated rings. The highest BCUT2D eigenvalue weighted by Crippen LogP contribution is 2.21. The minimum absolute atomic E-state index is 0.129. The summed E-state index contributed by atoms with van der Waals surface area (Å²) < 4.78 is 40.0. The second kappa shape index (κ2) is 5.87. The quantitative estimate of drug-likeness (QED) is 0.903. The Kier molecular flexibility index (Phi) is 4.16. The molecule has 0 saturated heterocycles. The number of rotatable bonds is 4. The molecule has 0 saturated carbocycles. The van der Waals surface area contributed by atoms with Gasteiger partial charge in [-0.15, -0.1) is 0 Å². The molecule has 0 radical (unpaired) electrons. The molecule has 0 unspecified atom stereocenters. The van der Waals surface area contributed by atoms with E-state index in [1.807, 2.05) is 0 Å². The van der Waals surface area contributed by atoms with Crippen LogP contribution in [0.1, 0.15) is 21.5 Å². The Morgan fingerprint density at radius 3 is 2.43 bits per heavy atom. The van der Waals surface area contributed by atoms with E-state index in [1.165, 1.54) is 12.1 Å². The summed E-state index contributed by atoms with van der Waals surface area (Å²) in [5.74, 6) is -3.85. The van der Waals surface area contributed by atoms with Crippen molar-refractivity contribution in [1.82, 2.24) is 0 Å². The van der Waals surface area contributed by atoms with Gasteiger partial charge >= 0.3 is 5.97 Å². The zero-order valence-electron chi connectivity index (χ0n) is 11.1. The third-order valence-corrected chi connectivity index (χ3v) is 2.99. The molecule has 0 atom stereocenters. The van der Waals surface area contributed by atoms with Gasteiger partial charge in [-0.3, -0.25) is 0 Å². The van der Waals surface area contributed by atoms with E-state index < -0.39 is 23.2 Å². The molecule has 3 nitrogen and oxygen atoms in total. The van der Waals surface area contributed by atoms with E-state index in [4.69, 9.17) is 5.11 Å². The van der Waals surface area contributed by atoms with Crippen molar-refractivity contribution in [1.29, 1.82) is 0 Å². The number of benzene rings is 2. The minimum Gasteiger partial charge on any atom is -0.478 e. The van der Waals surface area contributed by atoms with Gasteiger partial charge in [0.1, 0.15) is 17.5 Å². The first-order chi connectivity index (χ1) is 9.88. The lowest BCUT2D eigenvalue weighted by atomic mass is 10.1. The highest BCUT2D eigenvalue weighted by molar-refractivity contribution is 5.89. The van der Waals surface area contributed by atoms with Crippen LogP contribution in [-0.4, -0.2) is 11.1 Å². The molecule has 0 aliphatic carbocycles. The number of hydrogen-bond donors (Lipinski definition) is 2. The summed E-state index contributed by atoms with van der Waals surface area (Å²) in [6.45, 7) is 1.75. The maximum absolute atomic E-state index is 13.6. The number of carboxylic acids is 1. The van der Waals surface area contributed by atoms with E-state index in [1.54, 1.807) is 13.0 Å². The predicted molar refractivity (Wildman–Crippen MR) is 71.8 cm³/mol. The lowest BCUT2D eigenvalue weighted by Gasteiger charge is -2.10. The van der Waals surface area contributed by atoms with Gasteiger partial charge in [-0.05, 0) is 30.2 Å². The molecule has 0 aliphatic heterocycles. The minimum atomic E-state index is -1.48. The molecule has 110 valence electrons. The van der Waals surface area contributed by atoms with Gasteiger partial charge in [0.2, 0.25) is 0 Å². The van der Waals surface area contributed by atoms with E-state index in [0.29, 0.717) is 17.2 Å². The van der Waals surface area contributed by atoms with E-state index >= 15 is 0 Å². The Labute approximate surface area is 119 Å². The predicted octanol–water partition coefficient (Wildman–Crippen LogP) is 3.72. The second-order valence-electron chi connectivity index (χ2n) is 4.55. The van der Waals surface area contributed by atoms with Gasteiger partial charge in [0.05, 0.1) is 11.3 Å².